The number of fused-ring (bicyclic) bond motifs is 1. The molecule has 0 N–H and O–H groups in total. The lowest BCUT2D eigenvalue weighted by molar-refractivity contribution is -0.151. The zero-order valence-electron chi connectivity index (χ0n) is 22.0. The highest BCUT2D eigenvalue weighted by molar-refractivity contribution is 8.16. The van der Waals surface area contributed by atoms with Gasteiger partial charge in [0.05, 0.1) is 43.4 Å². The fourth-order valence-electron chi connectivity index (χ4n) is 4.89. The third-order valence-electron chi connectivity index (χ3n) is 6.69. The number of hydrogen-bond donors (Lipinski definition) is 0. The van der Waals surface area contributed by atoms with E-state index >= 15 is 0 Å². The first kappa shape index (κ1) is 27.5. The van der Waals surface area contributed by atoms with E-state index < -0.39 is 12.0 Å². The van der Waals surface area contributed by atoms with Crippen molar-refractivity contribution in [1.82, 2.24) is 9.80 Å². The van der Waals surface area contributed by atoms with Crippen molar-refractivity contribution < 1.29 is 28.6 Å². The highest BCUT2D eigenvalue weighted by Crippen LogP contribution is 2.45. The third-order valence-corrected chi connectivity index (χ3v) is 7.58. The van der Waals surface area contributed by atoms with Gasteiger partial charge in [0.15, 0.2) is 5.17 Å². The van der Waals surface area contributed by atoms with Crippen molar-refractivity contribution in [3.8, 4) is 5.75 Å². The van der Waals surface area contributed by atoms with Crippen LogP contribution in [-0.2, 0) is 23.9 Å². The maximum Gasteiger partial charge on any atom is 0.338 e. The van der Waals surface area contributed by atoms with E-state index in [1.165, 1.54) is 17.8 Å². The Morgan fingerprint density at radius 3 is 2.82 bits per heavy atom. The van der Waals surface area contributed by atoms with Crippen LogP contribution in [0.3, 0.4) is 0 Å². The van der Waals surface area contributed by atoms with E-state index in [4.69, 9.17) is 14.2 Å². The van der Waals surface area contributed by atoms with E-state index in [0.29, 0.717) is 48.3 Å². The fraction of sp³-hybridized carbons (Fsp3) is 0.429. The summed E-state index contributed by atoms with van der Waals surface area (Å²) >= 11 is 1.41. The topological polar surface area (TPSA) is 97.7 Å². The van der Waals surface area contributed by atoms with Crippen molar-refractivity contribution in [2.24, 2.45) is 10.9 Å². The smallest absolute Gasteiger partial charge is 0.338 e. The normalized spacial score (nSPS) is 20.8. The number of thioether (sulfide) groups is 1. The van der Waals surface area contributed by atoms with Gasteiger partial charge in [0.1, 0.15) is 12.4 Å². The maximum absolute atomic E-state index is 13.4. The molecular formula is C28H33N3O6S. The molecule has 0 saturated carbocycles. The molecule has 10 heteroatoms. The molecule has 1 aromatic carbocycles. The number of rotatable bonds is 9. The van der Waals surface area contributed by atoms with Gasteiger partial charge < -0.3 is 24.0 Å². The zero-order chi connectivity index (χ0) is 27.2. The Labute approximate surface area is 227 Å². The fourth-order valence-corrected chi connectivity index (χ4v) is 5.86. The molecule has 1 amide bonds. The summed E-state index contributed by atoms with van der Waals surface area (Å²) in [6.07, 6.45) is 3.08. The largest absolute Gasteiger partial charge is 0.497 e. The quantitative estimate of drug-likeness (QED) is 0.340. The average molecular weight is 540 g/mol. The number of allylic oxidation sites excluding steroid dienone is 1. The molecule has 3 aliphatic rings. The van der Waals surface area contributed by atoms with Crippen LogP contribution >= 0.6 is 11.8 Å². The van der Waals surface area contributed by atoms with Crippen molar-refractivity contribution in [2.75, 3.05) is 33.4 Å². The highest BCUT2D eigenvalue weighted by atomic mass is 32.2. The van der Waals surface area contributed by atoms with Crippen molar-refractivity contribution in [2.45, 2.75) is 39.2 Å². The van der Waals surface area contributed by atoms with Crippen LogP contribution in [0.1, 0.15) is 44.7 Å². The number of benzene rings is 1. The number of methoxy groups -OCH3 is 1. The lowest BCUT2D eigenvalue weighted by Crippen LogP contribution is -2.44. The van der Waals surface area contributed by atoms with Gasteiger partial charge in [-0.1, -0.05) is 36.5 Å². The van der Waals surface area contributed by atoms with E-state index in [2.05, 4.69) is 11.6 Å². The van der Waals surface area contributed by atoms with Crippen LogP contribution in [0.5, 0.6) is 5.75 Å². The summed E-state index contributed by atoms with van der Waals surface area (Å²) in [7, 11) is 1.59. The number of piperidine rings is 1. The first-order valence-electron chi connectivity index (χ1n) is 12.7. The Hall–Kier alpha value is -3.53. The summed E-state index contributed by atoms with van der Waals surface area (Å²) in [5.41, 5.74) is 2.49. The number of hydrogen-bond acceptors (Lipinski definition) is 9. The van der Waals surface area contributed by atoms with E-state index in [1.807, 2.05) is 34.6 Å². The minimum atomic E-state index is -0.558. The number of amidine groups is 1. The highest BCUT2D eigenvalue weighted by Gasteiger charge is 2.42. The lowest BCUT2D eigenvalue weighted by Gasteiger charge is -2.37. The Morgan fingerprint density at radius 2 is 2.08 bits per heavy atom. The summed E-state index contributed by atoms with van der Waals surface area (Å²) in [5, 5.41) is 2.59. The summed E-state index contributed by atoms with van der Waals surface area (Å²) in [4.78, 5) is 47.3. The van der Waals surface area contributed by atoms with Gasteiger partial charge in [0, 0.05) is 18.8 Å². The molecule has 1 aromatic rings. The van der Waals surface area contributed by atoms with Gasteiger partial charge >= 0.3 is 11.9 Å². The van der Waals surface area contributed by atoms with Crippen LogP contribution in [0, 0.1) is 5.92 Å². The van der Waals surface area contributed by atoms with Crippen LogP contribution in [0.2, 0.25) is 0 Å². The van der Waals surface area contributed by atoms with Gasteiger partial charge in [0.2, 0.25) is 5.91 Å². The van der Waals surface area contributed by atoms with Crippen LogP contribution in [0.15, 0.2) is 64.3 Å². The van der Waals surface area contributed by atoms with Crippen molar-refractivity contribution >= 4 is 34.8 Å². The molecule has 4 rings (SSSR count). The van der Waals surface area contributed by atoms with Gasteiger partial charge in [-0.15, -0.1) is 0 Å². The molecule has 2 unspecified atom stereocenters. The van der Waals surface area contributed by atoms with E-state index in [1.54, 1.807) is 25.9 Å². The summed E-state index contributed by atoms with van der Waals surface area (Å²) in [5.74, 6) is -0.497. The molecule has 0 radical (unpaired) electrons. The van der Waals surface area contributed by atoms with Crippen LogP contribution < -0.4 is 4.74 Å². The van der Waals surface area contributed by atoms with Crippen molar-refractivity contribution in [3.05, 3.63) is 64.9 Å². The predicted molar refractivity (Wildman–Crippen MR) is 145 cm³/mol. The molecule has 38 heavy (non-hydrogen) atoms. The SMILES string of the molecule is C=CCOC(=O)C1=C(C)N=C2SC=C(CC(=O)N3CCCC(C(=O)OCC)C3)N2C1c1cccc(OC)c1. The Bertz CT molecular complexity index is 1210. The molecule has 0 aromatic heterocycles. The molecule has 0 spiro atoms. The average Bonchev–Trinajstić information content (AvgIpc) is 3.32. The van der Waals surface area contributed by atoms with E-state index in [0.717, 1.165) is 17.7 Å². The summed E-state index contributed by atoms with van der Waals surface area (Å²) in [6, 6.07) is 6.93. The number of carbonyl (C=O) groups is 3. The van der Waals surface area contributed by atoms with Gasteiger partial charge in [-0.3, -0.25) is 9.59 Å². The molecule has 0 bridgehead atoms. The van der Waals surface area contributed by atoms with Gasteiger partial charge in [-0.25, -0.2) is 9.79 Å². The Morgan fingerprint density at radius 1 is 1.26 bits per heavy atom. The molecule has 0 aliphatic carbocycles. The molecular weight excluding hydrogens is 506 g/mol. The van der Waals surface area contributed by atoms with Crippen LogP contribution in [0.4, 0.5) is 0 Å². The zero-order valence-corrected chi connectivity index (χ0v) is 22.8. The molecule has 3 heterocycles. The predicted octanol–water partition coefficient (Wildman–Crippen LogP) is 4.19. The number of aliphatic imine (C=N–C) groups is 1. The molecule has 2 atom stereocenters. The van der Waals surface area contributed by atoms with E-state index in [9.17, 15) is 14.4 Å². The number of nitrogens with zero attached hydrogens (tertiary/aromatic N) is 3. The standard InChI is InChI=1S/C28H33N3O6S/c1-5-13-37-27(34)24-18(3)29-28-31(25(24)19-9-7-11-22(14-19)35-4)21(17-38-28)15-23(32)30-12-8-10-20(16-30)26(33)36-6-2/h5,7,9,11,14,17,20,25H,1,6,8,10,12-13,15-16H2,2-4H3. The molecule has 9 nitrogen and oxygen atoms in total. The van der Waals surface area contributed by atoms with Crippen molar-refractivity contribution in [3.63, 3.8) is 0 Å². The molecule has 1 saturated heterocycles. The number of ether oxygens (including phenoxy) is 3. The molecule has 1 fully saturated rings. The van der Waals surface area contributed by atoms with E-state index in [-0.39, 0.29) is 30.8 Å². The van der Waals surface area contributed by atoms with Crippen molar-refractivity contribution in [1.29, 1.82) is 0 Å². The minimum Gasteiger partial charge on any atom is -0.497 e. The molecule has 202 valence electrons. The molecule has 3 aliphatic heterocycles. The second kappa shape index (κ2) is 12.3. The number of amides is 1. The summed E-state index contributed by atoms with van der Waals surface area (Å²) in [6.45, 7) is 8.53. The van der Waals surface area contributed by atoms with Crippen LogP contribution in [0.25, 0.3) is 0 Å². The lowest BCUT2D eigenvalue weighted by atomic mass is 9.93. The Balaban J connectivity index is 1.62. The monoisotopic (exact) mass is 539 g/mol. The second-order valence-corrected chi connectivity index (χ2v) is 10.0. The third kappa shape index (κ3) is 5.80. The summed E-state index contributed by atoms with van der Waals surface area (Å²) < 4.78 is 16.1. The van der Waals surface area contributed by atoms with Gasteiger partial charge in [0.25, 0.3) is 0 Å². The number of likely N-dealkylation sites (tertiary alicyclic amines) is 1. The van der Waals surface area contributed by atoms with Gasteiger partial charge in [-0.2, -0.15) is 0 Å². The first-order valence-corrected chi connectivity index (χ1v) is 13.6. The minimum absolute atomic E-state index is 0.0730. The number of esters is 2. The second-order valence-electron chi connectivity index (χ2n) is 9.16. The Kier molecular flexibility index (Phi) is 8.93. The maximum atomic E-state index is 13.4. The van der Waals surface area contributed by atoms with Gasteiger partial charge in [-0.05, 0) is 49.8 Å². The number of carbonyl (C=O) groups excluding carboxylic acids is 3. The van der Waals surface area contributed by atoms with Crippen LogP contribution in [-0.4, -0.2) is 66.2 Å². The first-order chi connectivity index (χ1) is 18.4.